The highest BCUT2D eigenvalue weighted by Gasteiger charge is 2.41. The molecule has 0 bridgehead atoms. The first-order valence-corrected chi connectivity index (χ1v) is 10.4. The number of hydrogen-bond acceptors (Lipinski definition) is 4. The summed E-state index contributed by atoms with van der Waals surface area (Å²) < 4.78 is 18.8. The predicted molar refractivity (Wildman–Crippen MR) is 115 cm³/mol. The van der Waals surface area contributed by atoms with Gasteiger partial charge in [0.15, 0.2) is 0 Å². The van der Waals surface area contributed by atoms with E-state index in [0.29, 0.717) is 37.4 Å². The van der Waals surface area contributed by atoms with Crippen molar-refractivity contribution in [3.63, 3.8) is 0 Å². The third-order valence-electron chi connectivity index (χ3n) is 6.17. The number of fused-ring (bicyclic) bond motifs is 2. The number of H-pyrrole nitrogens is 1. The lowest BCUT2D eigenvalue weighted by atomic mass is 9.92. The number of likely N-dealkylation sites (tertiary alicyclic amines) is 1. The summed E-state index contributed by atoms with van der Waals surface area (Å²) in [6.07, 6.45) is 4.62. The Balaban J connectivity index is 1.28. The Kier molecular flexibility index (Phi) is 4.88. The molecule has 1 aromatic heterocycles. The molecule has 1 fully saturated rings. The molecule has 5 rings (SSSR count). The largest absolute Gasteiger partial charge is 0.497 e. The third kappa shape index (κ3) is 3.39. The molecule has 164 valence electrons. The third-order valence-corrected chi connectivity index (χ3v) is 6.17. The van der Waals surface area contributed by atoms with Gasteiger partial charge in [-0.05, 0) is 49.3 Å². The quantitative estimate of drug-likeness (QED) is 0.799. The molecule has 1 aromatic carbocycles. The zero-order chi connectivity index (χ0) is 22.4. The van der Waals surface area contributed by atoms with E-state index < -0.39 is 23.7 Å². The van der Waals surface area contributed by atoms with Crippen molar-refractivity contribution >= 4 is 34.5 Å². The number of rotatable bonds is 3. The first-order chi connectivity index (χ1) is 15.4. The van der Waals surface area contributed by atoms with Crippen molar-refractivity contribution in [3.8, 4) is 5.75 Å². The molecule has 1 aliphatic carbocycles. The highest BCUT2D eigenvalue weighted by Crippen LogP contribution is 2.28. The average molecular weight is 436 g/mol. The van der Waals surface area contributed by atoms with Gasteiger partial charge in [-0.15, -0.1) is 0 Å². The Morgan fingerprint density at radius 3 is 2.72 bits per heavy atom. The smallest absolute Gasteiger partial charge is 0.350 e. The van der Waals surface area contributed by atoms with Gasteiger partial charge in [-0.25, -0.2) is 9.18 Å². The van der Waals surface area contributed by atoms with E-state index in [1.807, 2.05) is 18.2 Å². The highest BCUT2D eigenvalue weighted by atomic mass is 19.1. The maximum atomic E-state index is 13.6. The number of halogens is 1. The lowest BCUT2D eigenvalue weighted by molar-refractivity contribution is -0.131. The molecular weight excluding hydrogens is 415 g/mol. The maximum absolute atomic E-state index is 13.6. The van der Waals surface area contributed by atoms with E-state index in [-0.39, 0.29) is 17.7 Å². The van der Waals surface area contributed by atoms with Gasteiger partial charge in [0.1, 0.15) is 23.2 Å². The molecule has 3 heterocycles. The number of allylic oxidation sites excluding steroid dienone is 3. The number of aliphatic imine (C=N–C) groups is 1. The van der Waals surface area contributed by atoms with Crippen molar-refractivity contribution in [2.75, 3.05) is 20.2 Å². The van der Waals surface area contributed by atoms with Crippen LogP contribution in [-0.4, -0.2) is 64.6 Å². The van der Waals surface area contributed by atoms with Gasteiger partial charge >= 0.3 is 6.03 Å². The van der Waals surface area contributed by atoms with E-state index in [0.717, 1.165) is 15.8 Å². The van der Waals surface area contributed by atoms with Crippen molar-refractivity contribution < 1.29 is 23.5 Å². The lowest BCUT2D eigenvalue weighted by Gasteiger charge is -2.39. The van der Waals surface area contributed by atoms with Crippen LogP contribution in [-0.2, 0) is 4.79 Å². The average Bonchev–Trinajstić information content (AvgIpc) is 3.23. The van der Waals surface area contributed by atoms with Gasteiger partial charge < -0.3 is 14.6 Å². The Hall–Kier alpha value is -3.75. The summed E-state index contributed by atoms with van der Waals surface area (Å²) in [5.41, 5.74) is 1.55. The summed E-state index contributed by atoms with van der Waals surface area (Å²) in [5.74, 6) is -1.30. The van der Waals surface area contributed by atoms with Crippen LogP contribution < -0.4 is 4.74 Å². The van der Waals surface area contributed by atoms with Crippen LogP contribution in [0.3, 0.4) is 0 Å². The highest BCUT2D eigenvalue weighted by molar-refractivity contribution is 6.22. The second-order valence-corrected chi connectivity index (χ2v) is 8.05. The van der Waals surface area contributed by atoms with Gasteiger partial charge in [0, 0.05) is 36.1 Å². The van der Waals surface area contributed by atoms with Crippen LogP contribution in [0.25, 0.3) is 10.9 Å². The Morgan fingerprint density at radius 1 is 1.19 bits per heavy atom. The summed E-state index contributed by atoms with van der Waals surface area (Å²) in [7, 11) is 1.59. The Morgan fingerprint density at radius 2 is 1.97 bits per heavy atom. The standard InChI is InChI=1S/C23H21FN4O4/c1-32-16-4-2-13-10-20(25-19(13)12-16)22(30)27-8-6-15(7-9-27)28-21(29)17-11-14(24)3-5-18(17)26-23(28)31/h2-5,10-12,15,17,25H,6-9H2,1H3. The minimum absolute atomic E-state index is 0.141. The number of aromatic nitrogens is 1. The summed E-state index contributed by atoms with van der Waals surface area (Å²) in [6.45, 7) is 0.787. The van der Waals surface area contributed by atoms with Crippen LogP contribution in [0, 0.1) is 5.92 Å². The van der Waals surface area contributed by atoms with Gasteiger partial charge in [-0.1, -0.05) is 0 Å². The molecule has 0 saturated carbocycles. The fourth-order valence-corrected chi connectivity index (χ4v) is 4.46. The second kappa shape index (κ2) is 7.74. The number of aromatic amines is 1. The summed E-state index contributed by atoms with van der Waals surface area (Å²) in [4.78, 5) is 48.3. The number of ether oxygens (including phenoxy) is 1. The number of imide groups is 1. The topological polar surface area (TPSA) is 95.1 Å². The number of benzene rings is 1. The first kappa shape index (κ1) is 20.2. The monoisotopic (exact) mass is 436 g/mol. The minimum Gasteiger partial charge on any atom is -0.497 e. The summed E-state index contributed by atoms with van der Waals surface area (Å²) in [5, 5.41) is 0.907. The zero-order valence-corrected chi connectivity index (χ0v) is 17.4. The van der Waals surface area contributed by atoms with Crippen LogP contribution in [0.2, 0.25) is 0 Å². The number of nitrogens with zero attached hydrogens (tertiary/aromatic N) is 3. The van der Waals surface area contributed by atoms with Crippen LogP contribution >= 0.6 is 0 Å². The normalized spacial score (nSPS) is 21.5. The molecule has 1 N–H and O–H groups in total. The van der Waals surface area contributed by atoms with E-state index in [1.165, 1.54) is 18.2 Å². The molecule has 32 heavy (non-hydrogen) atoms. The fourth-order valence-electron chi connectivity index (χ4n) is 4.46. The SMILES string of the molecule is COc1ccc2cc(C(=O)N3CCC(N4C(=O)N=C5C=CC(F)=CC5C4=O)CC3)[nH]c2c1. The van der Waals surface area contributed by atoms with Gasteiger partial charge in [0.05, 0.1) is 12.8 Å². The van der Waals surface area contributed by atoms with Crippen molar-refractivity contribution in [2.45, 2.75) is 18.9 Å². The minimum atomic E-state index is -0.874. The zero-order valence-electron chi connectivity index (χ0n) is 17.4. The molecule has 1 saturated heterocycles. The molecule has 8 nitrogen and oxygen atoms in total. The molecular formula is C23H21FN4O4. The van der Waals surface area contributed by atoms with E-state index in [4.69, 9.17) is 4.74 Å². The molecule has 2 aromatic rings. The van der Waals surface area contributed by atoms with Crippen LogP contribution in [0.15, 0.2) is 53.3 Å². The van der Waals surface area contributed by atoms with E-state index in [2.05, 4.69) is 9.98 Å². The molecule has 3 aliphatic rings. The van der Waals surface area contributed by atoms with E-state index in [9.17, 15) is 18.8 Å². The molecule has 9 heteroatoms. The number of carbonyl (C=O) groups is 3. The second-order valence-electron chi connectivity index (χ2n) is 8.05. The number of piperidine rings is 1. The molecule has 0 spiro atoms. The predicted octanol–water partition coefficient (Wildman–Crippen LogP) is 3.22. The molecule has 2 aliphatic heterocycles. The molecule has 0 radical (unpaired) electrons. The summed E-state index contributed by atoms with van der Waals surface area (Å²) in [6, 6.07) is 6.34. The summed E-state index contributed by atoms with van der Waals surface area (Å²) >= 11 is 0. The maximum Gasteiger partial charge on any atom is 0.350 e. The van der Waals surface area contributed by atoms with Crippen molar-refractivity contribution in [3.05, 3.63) is 54.0 Å². The first-order valence-electron chi connectivity index (χ1n) is 10.4. The van der Waals surface area contributed by atoms with Crippen LogP contribution in [0.4, 0.5) is 9.18 Å². The number of methoxy groups -OCH3 is 1. The fraction of sp³-hybridized carbons (Fsp3) is 0.304. The van der Waals surface area contributed by atoms with Crippen molar-refractivity contribution in [1.82, 2.24) is 14.8 Å². The number of urea groups is 1. The van der Waals surface area contributed by atoms with Gasteiger partial charge in [0.2, 0.25) is 5.91 Å². The molecule has 1 atom stereocenters. The number of nitrogens with one attached hydrogen (secondary N) is 1. The van der Waals surface area contributed by atoms with Gasteiger partial charge in [-0.3, -0.25) is 14.5 Å². The number of amides is 4. The van der Waals surface area contributed by atoms with Crippen LogP contribution in [0.5, 0.6) is 5.75 Å². The van der Waals surface area contributed by atoms with Crippen LogP contribution in [0.1, 0.15) is 23.3 Å². The Bertz CT molecular complexity index is 1220. The molecule has 4 amide bonds. The number of hydrogen-bond donors (Lipinski definition) is 1. The van der Waals surface area contributed by atoms with Crippen molar-refractivity contribution in [2.24, 2.45) is 10.9 Å². The Labute approximate surface area is 183 Å². The number of carbonyl (C=O) groups excluding carboxylic acids is 3. The van der Waals surface area contributed by atoms with Crippen molar-refractivity contribution in [1.29, 1.82) is 0 Å². The lowest BCUT2D eigenvalue weighted by Crippen LogP contribution is -2.54. The van der Waals surface area contributed by atoms with E-state index >= 15 is 0 Å². The van der Waals surface area contributed by atoms with E-state index in [1.54, 1.807) is 18.1 Å². The molecule has 1 unspecified atom stereocenters. The van der Waals surface area contributed by atoms with Gasteiger partial charge in [-0.2, -0.15) is 4.99 Å². The van der Waals surface area contributed by atoms with Gasteiger partial charge in [0.25, 0.3) is 5.91 Å².